The van der Waals surface area contributed by atoms with E-state index in [2.05, 4.69) is 31.0 Å². The summed E-state index contributed by atoms with van der Waals surface area (Å²) in [5.41, 5.74) is 10.1. The molecular weight excluding hydrogens is 346 g/mol. The van der Waals surface area contributed by atoms with Crippen LogP contribution in [0.5, 0.6) is 0 Å². The maximum atomic E-state index is 12.6. The van der Waals surface area contributed by atoms with Crippen molar-refractivity contribution in [2.24, 2.45) is 11.8 Å². The predicted molar refractivity (Wildman–Crippen MR) is 110 cm³/mol. The average Bonchev–Trinajstić information content (AvgIpc) is 2.56. The number of carbonyl (C=O) groups excluding carboxylic acids is 1. The molecule has 1 heterocycles. The minimum absolute atomic E-state index is 0.252. The summed E-state index contributed by atoms with van der Waals surface area (Å²) >= 11 is 6.14. The lowest BCUT2D eigenvalue weighted by molar-refractivity contribution is 0.102. The number of benzene rings is 2. The van der Waals surface area contributed by atoms with E-state index < -0.39 is 0 Å². The summed E-state index contributed by atoms with van der Waals surface area (Å²) in [6, 6.07) is 10.9. The summed E-state index contributed by atoms with van der Waals surface area (Å²) in [5.74, 6) is 1.05. The molecule has 138 valence electrons. The standard InChI is InChI=1S/C21H26ClN3O/c1-13-8-14(2)12-25(11-13)20-10-19(18(23)9-15(20)3)24-21(26)16-6-4-5-7-17(16)22/h4-7,9-10,13-14H,8,11-12,23H2,1-3H3,(H,24,26)/t13-,14+. The van der Waals surface area contributed by atoms with Crippen molar-refractivity contribution < 1.29 is 4.79 Å². The highest BCUT2D eigenvalue weighted by Crippen LogP contribution is 2.34. The molecule has 2 aromatic rings. The van der Waals surface area contributed by atoms with Gasteiger partial charge in [0.05, 0.1) is 22.0 Å². The van der Waals surface area contributed by atoms with Crippen LogP contribution in [0.3, 0.4) is 0 Å². The summed E-state index contributed by atoms with van der Waals surface area (Å²) in [6.45, 7) is 8.68. The van der Waals surface area contributed by atoms with Gasteiger partial charge in [-0.05, 0) is 55.0 Å². The van der Waals surface area contributed by atoms with Crippen LogP contribution in [0.2, 0.25) is 5.02 Å². The Morgan fingerprint density at radius 1 is 1.19 bits per heavy atom. The number of hydrogen-bond acceptors (Lipinski definition) is 3. The van der Waals surface area contributed by atoms with E-state index >= 15 is 0 Å². The highest BCUT2D eigenvalue weighted by Gasteiger charge is 2.24. The predicted octanol–water partition coefficient (Wildman–Crippen LogP) is 4.97. The van der Waals surface area contributed by atoms with E-state index in [-0.39, 0.29) is 5.91 Å². The smallest absolute Gasteiger partial charge is 0.257 e. The molecule has 1 saturated heterocycles. The van der Waals surface area contributed by atoms with Crippen molar-refractivity contribution in [1.82, 2.24) is 0 Å². The molecule has 0 spiro atoms. The number of carbonyl (C=O) groups is 1. The highest BCUT2D eigenvalue weighted by atomic mass is 35.5. The van der Waals surface area contributed by atoms with Crippen LogP contribution in [0.15, 0.2) is 36.4 Å². The van der Waals surface area contributed by atoms with E-state index in [9.17, 15) is 4.79 Å². The number of amides is 1. The SMILES string of the molecule is Cc1cc(N)c(NC(=O)c2ccccc2Cl)cc1N1C[C@H](C)C[C@H](C)C1. The van der Waals surface area contributed by atoms with Gasteiger partial charge in [-0.3, -0.25) is 4.79 Å². The maximum absolute atomic E-state index is 12.6. The first-order valence-corrected chi connectivity index (χ1v) is 9.44. The number of hydrogen-bond donors (Lipinski definition) is 2. The summed E-state index contributed by atoms with van der Waals surface area (Å²) in [7, 11) is 0. The van der Waals surface area contributed by atoms with Gasteiger partial charge in [0.25, 0.3) is 5.91 Å². The first kappa shape index (κ1) is 18.6. The van der Waals surface area contributed by atoms with Gasteiger partial charge >= 0.3 is 0 Å². The van der Waals surface area contributed by atoms with Crippen LogP contribution in [0.4, 0.5) is 17.1 Å². The van der Waals surface area contributed by atoms with Crippen molar-refractivity contribution in [2.45, 2.75) is 27.2 Å². The zero-order valence-electron chi connectivity index (χ0n) is 15.6. The second kappa shape index (κ2) is 7.58. The molecule has 4 nitrogen and oxygen atoms in total. The Morgan fingerprint density at radius 3 is 2.50 bits per heavy atom. The number of anilines is 3. The van der Waals surface area contributed by atoms with Crippen molar-refractivity contribution in [2.75, 3.05) is 29.0 Å². The maximum Gasteiger partial charge on any atom is 0.257 e. The first-order chi connectivity index (χ1) is 12.3. The molecule has 2 atom stereocenters. The molecule has 0 unspecified atom stereocenters. The third kappa shape index (κ3) is 3.96. The lowest BCUT2D eigenvalue weighted by Crippen LogP contribution is -2.39. The third-order valence-corrected chi connectivity index (χ3v) is 5.27. The molecule has 0 bridgehead atoms. The fourth-order valence-electron chi connectivity index (χ4n) is 3.86. The van der Waals surface area contributed by atoms with Gasteiger partial charge < -0.3 is 16.0 Å². The largest absolute Gasteiger partial charge is 0.397 e. The van der Waals surface area contributed by atoms with E-state index in [1.165, 1.54) is 6.42 Å². The molecule has 2 aromatic carbocycles. The van der Waals surface area contributed by atoms with Crippen LogP contribution in [-0.4, -0.2) is 19.0 Å². The fraction of sp³-hybridized carbons (Fsp3) is 0.381. The van der Waals surface area contributed by atoms with Crippen molar-refractivity contribution in [3.8, 4) is 0 Å². The zero-order chi connectivity index (χ0) is 18.8. The minimum atomic E-state index is -0.252. The van der Waals surface area contributed by atoms with Crippen LogP contribution in [0, 0.1) is 18.8 Å². The number of nitrogens with zero attached hydrogens (tertiary/aromatic N) is 1. The number of piperidine rings is 1. The second-order valence-corrected chi connectivity index (χ2v) is 7.92. The molecule has 0 aliphatic carbocycles. The fourth-order valence-corrected chi connectivity index (χ4v) is 4.08. The summed E-state index contributed by atoms with van der Waals surface area (Å²) in [5, 5.41) is 3.35. The molecule has 0 radical (unpaired) electrons. The lowest BCUT2D eigenvalue weighted by Gasteiger charge is -2.37. The number of nitrogens with two attached hydrogens (primary N) is 1. The Balaban J connectivity index is 1.89. The molecule has 1 fully saturated rings. The van der Waals surface area contributed by atoms with Crippen molar-refractivity contribution in [3.63, 3.8) is 0 Å². The van der Waals surface area contributed by atoms with E-state index in [0.29, 0.717) is 33.8 Å². The summed E-state index contributed by atoms with van der Waals surface area (Å²) in [4.78, 5) is 15.0. The minimum Gasteiger partial charge on any atom is -0.397 e. The number of aryl methyl sites for hydroxylation is 1. The Morgan fingerprint density at radius 2 is 1.85 bits per heavy atom. The van der Waals surface area contributed by atoms with Crippen LogP contribution in [0.25, 0.3) is 0 Å². The highest BCUT2D eigenvalue weighted by molar-refractivity contribution is 6.34. The Kier molecular flexibility index (Phi) is 5.42. The van der Waals surface area contributed by atoms with Crippen molar-refractivity contribution in [1.29, 1.82) is 0 Å². The van der Waals surface area contributed by atoms with Crippen LogP contribution in [0.1, 0.15) is 36.2 Å². The molecule has 3 N–H and O–H groups in total. The molecule has 1 amide bonds. The molecule has 26 heavy (non-hydrogen) atoms. The molecule has 0 aromatic heterocycles. The number of nitrogen functional groups attached to an aromatic ring is 1. The lowest BCUT2D eigenvalue weighted by atomic mass is 9.91. The van der Waals surface area contributed by atoms with Crippen molar-refractivity contribution >= 4 is 34.6 Å². The summed E-state index contributed by atoms with van der Waals surface area (Å²) < 4.78 is 0. The molecule has 3 rings (SSSR count). The van der Waals surface area contributed by atoms with Crippen molar-refractivity contribution in [3.05, 3.63) is 52.5 Å². The molecular formula is C21H26ClN3O. The van der Waals surface area contributed by atoms with Crippen LogP contribution < -0.4 is 16.0 Å². The van der Waals surface area contributed by atoms with Gasteiger partial charge in [0, 0.05) is 18.8 Å². The quantitative estimate of drug-likeness (QED) is 0.749. The second-order valence-electron chi connectivity index (χ2n) is 7.51. The van der Waals surface area contributed by atoms with Crippen LogP contribution >= 0.6 is 11.6 Å². The van der Waals surface area contributed by atoms with Gasteiger partial charge in [-0.15, -0.1) is 0 Å². The number of halogens is 1. The molecule has 1 aliphatic rings. The molecule has 0 saturated carbocycles. The molecule has 1 aliphatic heterocycles. The van der Waals surface area contributed by atoms with E-state index in [4.69, 9.17) is 17.3 Å². The topological polar surface area (TPSA) is 58.4 Å². The first-order valence-electron chi connectivity index (χ1n) is 9.06. The normalized spacial score (nSPS) is 20.1. The Hall–Kier alpha value is -2.20. The van der Waals surface area contributed by atoms with Gasteiger partial charge in [0.15, 0.2) is 0 Å². The zero-order valence-corrected chi connectivity index (χ0v) is 16.3. The van der Waals surface area contributed by atoms with Gasteiger partial charge in [-0.25, -0.2) is 0 Å². The number of rotatable bonds is 3. The number of nitrogens with one attached hydrogen (secondary N) is 1. The van der Waals surface area contributed by atoms with Gasteiger partial charge in [-0.2, -0.15) is 0 Å². The Labute approximate surface area is 160 Å². The van der Waals surface area contributed by atoms with E-state index in [1.54, 1.807) is 24.3 Å². The van der Waals surface area contributed by atoms with Gasteiger partial charge in [0.1, 0.15) is 0 Å². The van der Waals surface area contributed by atoms with E-state index in [1.807, 2.05) is 12.1 Å². The van der Waals surface area contributed by atoms with Gasteiger partial charge in [0.2, 0.25) is 0 Å². The summed E-state index contributed by atoms with van der Waals surface area (Å²) in [6.07, 6.45) is 1.25. The van der Waals surface area contributed by atoms with Crippen LogP contribution in [-0.2, 0) is 0 Å². The average molecular weight is 372 g/mol. The van der Waals surface area contributed by atoms with E-state index in [0.717, 1.165) is 24.3 Å². The molecule has 5 heteroatoms. The third-order valence-electron chi connectivity index (χ3n) is 4.94. The van der Waals surface area contributed by atoms with Gasteiger partial charge in [-0.1, -0.05) is 37.6 Å². The Bertz CT molecular complexity index is 811. The monoisotopic (exact) mass is 371 g/mol.